The van der Waals surface area contributed by atoms with Crippen LogP contribution in [-0.2, 0) is 12.8 Å². The number of hydrogen-bond donors (Lipinski definition) is 0. The highest BCUT2D eigenvalue weighted by Crippen LogP contribution is 2.58. The second-order valence-corrected chi connectivity index (χ2v) is 10.3. The van der Waals surface area contributed by atoms with Crippen LogP contribution in [0.25, 0.3) is 33.1 Å². The molecule has 0 heterocycles. The molecule has 2 aromatic rings. The number of hydrogen-bond acceptors (Lipinski definition) is 0. The van der Waals surface area contributed by atoms with Crippen molar-refractivity contribution in [2.75, 3.05) is 0 Å². The van der Waals surface area contributed by atoms with Gasteiger partial charge in [-0.2, -0.15) is 0 Å². The minimum Gasteiger partial charge on any atom is -0.0905 e. The van der Waals surface area contributed by atoms with Crippen LogP contribution >= 0.6 is 0 Å². The van der Waals surface area contributed by atoms with Gasteiger partial charge in [0.05, 0.1) is 0 Å². The molecule has 0 heteroatoms. The van der Waals surface area contributed by atoms with Gasteiger partial charge in [-0.15, -0.1) is 0 Å². The zero-order valence-electron chi connectivity index (χ0n) is 20.0. The van der Waals surface area contributed by atoms with Gasteiger partial charge in [0.25, 0.3) is 0 Å². The SMILES string of the molecule is C1=CCC=C1.C=C1C(=C)c2c3c(c4c5c(c(C)c(C)c1c25)C(=C)C4=C)CC1C=CC1CCC3. The second-order valence-electron chi connectivity index (χ2n) is 10.3. The quantitative estimate of drug-likeness (QED) is 0.368. The van der Waals surface area contributed by atoms with Gasteiger partial charge in [0.2, 0.25) is 0 Å². The molecule has 33 heavy (non-hydrogen) atoms. The zero-order valence-corrected chi connectivity index (χ0v) is 20.0. The largest absolute Gasteiger partial charge is 0.0905 e. The summed E-state index contributed by atoms with van der Waals surface area (Å²) >= 11 is 0. The minimum atomic E-state index is 0.675. The maximum atomic E-state index is 4.53. The van der Waals surface area contributed by atoms with Crippen LogP contribution < -0.4 is 0 Å². The van der Waals surface area contributed by atoms with Crippen LogP contribution in [-0.4, -0.2) is 0 Å². The molecule has 0 aliphatic heterocycles. The third-order valence-electron chi connectivity index (χ3n) is 8.68. The molecule has 0 aromatic heterocycles. The van der Waals surface area contributed by atoms with Crippen LogP contribution in [0.4, 0.5) is 0 Å². The van der Waals surface area contributed by atoms with Crippen molar-refractivity contribution in [3.63, 3.8) is 0 Å². The van der Waals surface area contributed by atoms with Crippen LogP contribution in [0.3, 0.4) is 0 Å². The van der Waals surface area contributed by atoms with Crippen molar-refractivity contribution in [2.24, 2.45) is 11.8 Å². The number of allylic oxidation sites excluding steroid dienone is 10. The number of benzene rings is 2. The van der Waals surface area contributed by atoms with Gasteiger partial charge in [0.15, 0.2) is 0 Å². The standard InChI is InChI=1S/C28H26.C5H6/c1-13-14(2)24-16(4)18(6)26-22-12-20-11-10-19(20)8-7-9-21(22)25-17(5)15(3)23(13)27(25)28(24)26;1-2-4-5-3-1/h10-11,19-20H,3-9,12H2,1-2H3;1-4H,5H2. The predicted molar refractivity (Wildman–Crippen MR) is 145 cm³/mol. The summed E-state index contributed by atoms with van der Waals surface area (Å²) in [6.07, 6.45) is 19.2. The lowest BCUT2D eigenvalue weighted by Crippen LogP contribution is -2.24. The van der Waals surface area contributed by atoms with Gasteiger partial charge in [-0.3, -0.25) is 0 Å². The van der Waals surface area contributed by atoms with Gasteiger partial charge in [-0.25, -0.2) is 0 Å². The highest BCUT2D eigenvalue weighted by Gasteiger charge is 2.39. The summed E-state index contributed by atoms with van der Waals surface area (Å²) in [5.74, 6) is 1.43. The Morgan fingerprint density at radius 2 is 1.18 bits per heavy atom. The topological polar surface area (TPSA) is 0 Å². The molecule has 2 unspecified atom stereocenters. The second kappa shape index (κ2) is 7.19. The molecule has 2 aromatic carbocycles. The van der Waals surface area contributed by atoms with Gasteiger partial charge in [0, 0.05) is 0 Å². The minimum absolute atomic E-state index is 0.675. The molecule has 5 aliphatic carbocycles. The molecule has 0 saturated carbocycles. The summed E-state index contributed by atoms with van der Waals surface area (Å²) in [7, 11) is 0. The van der Waals surface area contributed by atoms with E-state index in [1.807, 2.05) is 0 Å². The third-order valence-corrected chi connectivity index (χ3v) is 8.68. The van der Waals surface area contributed by atoms with Crippen LogP contribution in [0.2, 0.25) is 0 Å². The lowest BCUT2D eigenvalue weighted by atomic mass is 9.70. The van der Waals surface area contributed by atoms with E-state index in [2.05, 4.69) is 76.6 Å². The molecule has 0 bridgehead atoms. The molecule has 7 rings (SSSR count). The Hall–Kier alpha value is -3.12. The zero-order chi connectivity index (χ0) is 23.0. The highest BCUT2D eigenvalue weighted by atomic mass is 14.4. The predicted octanol–water partition coefficient (Wildman–Crippen LogP) is 8.72. The van der Waals surface area contributed by atoms with E-state index in [4.69, 9.17) is 0 Å². The Morgan fingerprint density at radius 3 is 1.67 bits per heavy atom. The van der Waals surface area contributed by atoms with E-state index in [0.29, 0.717) is 5.92 Å². The maximum Gasteiger partial charge on any atom is -0.000847 e. The van der Waals surface area contributed by atoms with Crippen molar-refractivity contribution in [2.45, 2.75) is 46.0 Å². The lowest BCUT2D eigenvalue weighted by molar-refractivity contribution is 0.378. The Bertz CT molecular complexity index is 1400. The number of fused-ring (bicyclic) bond motifs is 4. The Morgan fingerprint density at radius 1 is 0.667 bits per heavy atom. The summed E-state index contributed by atoms with van der Waals surface area (Å²) < 4.78 is 0. The van der Waals surface area contributed by atoms with Crippen molar-refractivity contribution in [3.8, 4) is 0 Å². The van der Waals surface area contributed by atoms with E-state index in [0.717, 1.165) is 47.5 Å². The molecule has 0 nitrogen and oxygen atoms in total. The van der Waals surface area contributed by atoms with Crippen LogP contribution in [0.1, 0.15) is 63.8 Å². The number of rotatable bonds is 0. The fraction of sp³-hybridized carbons (Fsp3) is 0.273. The normalized spacial score (nSPS) is 23.3. The van der Waals surface area contributed by atoms with E-state index >= 15 is 0 Å². The third kappa shape index (κ3) is 2.64. The first-order valence-electron chi connectivity index (χ1n) is 12.3. The maximum absolute atomic E-state index is 4.53. The van der Waals surface area contributed by atoms with E-state index in [1.54, 1.807) is 0 Å². The summed E-state index contributed by atoms with van der Waals surface area (Å²) in [5, 5.41) is 2.78. The summed E-state index contributed by atoms with van der Waals surface area (Å²) in [4.78, 5) is 0. The van der Waals surface area contributed by atoms with E-state index < -0.39 is 0 Å². The van der Waals surface area contributed by atoms with Crippen molar-refractivity contribution >= 4 is 33.1 Å². The van der Waals surface area contributed by atoms with Crippen LogP contribution in [0.5, 0.6) is 0 Å². The van der Waals surface area contributed by atoms with Gasteiger partial charge < -0.3 is 0 Å². The van der Waals surface area contributed by atoms with Gasteiger partial charge in [-0.1, -0.05) is 62.8 Å². The fourth-order valence-corrected chi connectivity index (χ4v) is 6.73. The first kappa shape index (κ1) is 20.5. The fourth-order valence-electron chi connectivity index (χ4n) is 6.73. The average Bonchev–Trinajstić information content (AvgIpc) is 3.50. The highest BCUT2D eigenvalue weighted by molar-refractivity contribution is 6.31. The molecule has 0 amide bonds. The molecular formula is C33H32. The van der Waals surface area contributed by atoms with Crippen molar-refractivity contribution in [1.82, 2.24) is 0 Å². The Labute approximate surface area is 198 Å². The molecule has 0 saturated heterocycles. The molecule has 0 spiro atoms. The summed E-state index contributed by atoms with van der Waals surface area (Å²) in [6, 6.07) is 0. The van der Waals surface area contributed by atoms with Crippen LogP contribution in [0, 0.1) is 25.7 Å². The molecule has 0 N–H and O–H groups in total. The lowest BCUT2D eigenvalue weighted by Gasteiger charge is -2.34. The molecule has 0 radical (unpaired) electrons. The monoisotopic (exact) mass is 428 g/mol. The van der Waals surface area contributed by atoms with E-state index in [1.165, 1.54) is 68.1 Å². The summed E-state index contributed by atoms with van der Waals surface area (Å²) in [6.45, 7) is 22.5. The first-order chi connectivity index (χ1) is 15.9. The molecule has 5 aliphatic rings. The first-order valence-corrected chi connectivity index (χ1v) is 12.3. The van der Waals surface area contributed by atoms with Crippen molar-refractivity contribution in [3.05, 3.63) is 107 Å². The Balaban J connectivity index is 0.000000368. The van der Waals surface area contributed by atoms with Crippen molar-refractivity contribution in [1.29, 1.82) is 0 Å². The Kier molecular flexibility index (Phi) is 4.46. The smallest absolute Gasteiger partial charge is 0.000847 e. The van der Waals surface area contributed by atoms with Crippen LogP contribution in [0.15, 0.2) is 62.8 Å². The molecule has 0 fully saturated rings. The van der Waals surface area contributed by atoms with Gasteiger partial charge >= 0.3 is 0 Å². The van der Waals surface area contributed by atoms with E-state index in [-0.39, 0.29) is 0 Å². The molecular weight excluding hydrogens is 396 g/mol. The van der Waals surface area contributed by atoms with Gasteiger partial charge in [-0.05, 0) is 135 Å². The molecule has 164 valence electrons. The van der Waals surface area contributed by atoms with E-state index in [9.17, 15) is 0 Å². The summed E-state index contributed by atoms with van der Waals surface area (Å²) in [5.41, 5.74) is 15.7. The van der Waals surface area contributed by atoms with Gasteiger partial charge in [0.1, 0.15) is 0 Å². The van der Waals surface area contributed by atoms with Crippen molar-refractivity contribution < 1.29 is 0 Å². The average molecular weight is 429 g/mol. The molecule has 2 atom stereocenters.